The molecule has 4 nitrogen and oxygen atoms in total. The van der Waals surface area contributed by atoms with Crippen LogP contribution in [0.15, 0.2) is 24.3 Å². The average Bonchev–Trinajstić information content (AvgIpc) is 2.48. The van der Waals surface area contributed by atoms with Crippen molar-refractivity contribution in [1.29, 1.82) is 0 Å². The van der Waals surface area contributed by atoms with Crippen LogP contribution in [0.1, 0.15) is 5.56 Å². The predicted octanol–water partition coefficient (Wildman–Crippen LogP) is 2.23. The zero-order valence-electron chi connectivity index (χ0n) is 10.8. The van der Waals surface area contributed by atoms with Crippen LogP contribution >= 0.6 is 23.2 Å². The monoisotopic (exact) mass is 315 g/mol. The molecule has 108 valence electrons. The first-order chi connectivity index (χ1) is 9.61. The van der Waals surface area contributed by atoms with E-state index >= 15 is 0 Å². The molecule has 1 aliphatic heterocycles. The molecule has 1 aliphatic rings. The van der Waals surface area contributed by atoms with Crippen molar-refractivity contribution >= 4 is 35.2 Å². The lowest BCUT2D eigenvalue weighted by atomic mass is 10.2. The Morgan fingerprint density at radius 2 is 2.25 bits per heavy atom. The highest BCUT2D eigenvalue weighted by molar-refractivity contribution is 6.42. The van der Waals surface area contributed by atoms with Crippen LogP contribution in [-0.2, 0) is 9.53 Å². The molecule has 0 saturated carbocycles. The number of aliphatic hydroxyl groups excluding tert-OH is 1. The Morgan fingerprint density at radius 3 is 2.95 bits per heavy atom. The van der Waals surface area contributed by atoms with Gasteiger partial charge in [0.2, 0.25) is 5.91 Å². The number of carbonyl (C=O) groups excluding carboxylic acids is 1. The van der Waals surface area contributed by atoms with Gasteiger partial charge in [-0.15, -0.1) is 0 Å². The van der Waals surface area contributed by atoms with Gasteiger partial charge in [-0.25, -0.2) is 0 Å². The van der Waals surface area contributed by atoms with Crippen molar-refractivity contribution in [1.82, 2.24) is 4.90 Å². The maximum absolute atomic E-state index is 12.1. The summed E-state index contributed by atoms with van der Waals surface area (Å²) < 4.78 is 5.23. The SMILES string of the molecule is O=C(/C=C/c1ccc(Cl)c(Cl)c1)N1CCOCC1CO. The van der Waals surface area contributed by atoms with Crippen molar-refractivity contribution in [2.45, 2.75) is 6.04 Å². The summed E-state index contributed by atoms with van der Waals surface area (Å²) in [5, 5.41) is 10.2. The number of rotatable bonds is 3. The molecule has 1 aromatic carbocycles. The number of carbonyl (C=O) groups is 1. The third kappa shape index (κ3) is 3.73. The lowest BCUT2D eigenvalue weighted by molar-refractivity contribution is -0.136. The fraction of sp³-hybridized carbons (Fsp3) is 0.357. The van der Waals surface area contributed by atoms with Crippen molar-refractivity contribution < 1.29 is 14.6 Å². The highest BCUT2D eigenvalue weighted by atomic mass is 35.5. The number of aliphatic hydroxyl groups is 1. The summed E-state index contributed by atoms with van der Waals surface area (Å²) in [4.78, 5) is 13.7. The van der Waals surface area contributed by atoms with Gasteiger partial charge in [0.1, 0.15) is 0 Å². The highest BCUT2D eigenvalue weighted by Gasteiger charge is 2.24. The maximum Gasteiger partial charge on any atom is 0.247 e. The van der Waals surface area contributed by atoms with E-state index in [1.54, 1.807) is 29.2 Å². The molecule has 1 heterocycles. The lowest BCUT2D eigenvalue weighted by Crippen LogP contribution is -2.49. The number of ether oxygens (including phenoxy) is 1. The second-order valence-electron chi connectivity index (χ2n) is 4.45. The van der Waals surface area contributed by atoms with Gasteiger partial charge < -0.3 is 14.7 Å². The van der Waals surface area contributed by atoms with E-state index < -0.39 is 0 Å². The molecule has 0 aliphatic carbocycles. The molecule has 0 bridgehead atoms. The molecule has 0 aromatic heterocycles. The molecule has 1 unspecified atom stereocenters. The van der Waals surface area contributed by atoms with E-state index in [0.29, 0.717) is 29.8 Å². The number of amides is 1. The third-order valence-corrected chi connectivity index (χ3v) is 3.82. The molecular weight excluding hydrogens is 301 g/mol. The molecule has 1 aromatic rings. The van der Waals surface area contributed by atoms with Gasteiger partial charge in [-0.2, -0.15) is 0 Å². The molecule has 1 N–H and O–H groups in total. The summed E-state index contributed by atoms with van der Waals surface area (Å²) in [5.74, 6) is -0.154. The van der Waals surface area contributed by atoms with Gasteiger partial charge in [0.05, 0.1) is 35.9 Å². The standard InChI is InChI=1S/C14H15Cl2NO3/c15-12-3-1-10(7-13(12)16)2-4-14(19)17-5-6-20-9-11(17)8-18/h1-4,7,11,18H,5-6,8-9H2/b4-2+. The van der Waals surface area contributed by atoms with E-state index in [2.05, 4.69) is 0 Å². The largest absolute Gasteiger partial charge is 0.394 e. The second kappa shape index (κ2) is 7.09. The minimum atomic E-state index is -0.283. The Hall–Kier alpha value is -1.07. The minimum absolute atomic E-state index is 0.105. The van der Waals surface area contributed by atoms with Crippen LogP contribution in [0.4, 0.5) is 0 Å². The fourth-order valence-corrected chi connectivity index (χ4v) is 2.28. The summed E-state index contributed by atoms with van der Waals surface area (Å²) in [5.41, 5.74) is 0.793. The minimum Gasteiger partial charge on any atom is -0.394 e. The molecular formula is C14H15Cl2NO3. The number of hydrogen-bond acceptors (Lipinski definition) is 3. The topological polar surface area (TPSA) is 49.8 Å². The Balaban J connectivity index is 2.05. The number of nitrogens with zero attached hydrogens (tertiary/aromatic N) is 1. The number of halogens is 2. The number of benzene rings is 1. The van der Waals surface area contributed by atoms with Gasteiger partial charge in [-0.3, -0.25) is 4.79 Å². The zero-order valence-corrected chi connectivity index (χ0v) is 12.3. The van der Waals surface area contributed by atoms with Crippen molar-refractivity contribution in [2.75, 3.05) is 26.4 Å². The third-order valence-electron chi connectivity index (χ3n) is 3.08. The number of hydrogen-bond donors (Lipinski definition) is 1. The van der Waals surface area contributed by atoms with E-state index in [1.165, 1.54) is 6.08 Å². The molecule has 2 rings (SSSR count). The van der Waals surface area contributed by atoms with Crippen LogP contribution < -0.4 is 0 Å². The van der Waals surface area contributed by atoms with Crippen LogP contribution in [0, 0.1) is 0 Å². The maximum atomic E-state index is 12.1. The molecule has 0 radical (unpaired) electrons. The Bertz CT molecular complexity index is 519. The average molecular weight is 316 g/mol. The van der Waals surface area contributed by atoms with Crippen LogP contribution in [0.3, 0.4) is 0 Å². The first-order valence-corrected chi connectivity index (χ1v) is 6.99. The van der Waals surface area contributed by atoms with Gasteiger partial charge in [0.15, 0.2) is 0 Å². The van der Waals surface area contributed by atoms with Crippen molar-refractivity contribution in [3.8, 4) is 0 Å². The van der Waals surface area contributed by atoms with Gasteiger partial charge in [-0.1, -0.05) is 29.3 Å². The Labute approximate surface area is 127 Å². The van der Waals surface area contributed by atoms with Crippen molar-refractivity contribution in [2.24, 2.45) is 0 Å². The van der Waals surface area contributed by atoms with Crippen LogP contribution in [0.2, 0.25) is 10.0 Å². The summed E-state index contributed by atoms with van der Waals surface area (Å²) in [6.45, 7) is 1.23. The molecule has 1 fully saturated rings. The second-order valence-corrected chi connectivity index (χ2v) is 5.26. The van der Waals surface area contributed by atoms with E-state index in [1.807, 2.05) is 0 Å². The summed E-state index contributed by atoms with van der Waals surface area (Å²) in [6, 6.07) is 4.87. The first-order valence-electron chi connectivity index (χ1n) is 6.24. The van der Waals surface area contributed by atoms with Gasteiger partial charge in [0, 0.05) is 12.6 Å². The highest BCUT2D eigenvalue weighted by Crippen LogP contribution is 2.23. The first kappa shape index (κ1) is 15.3. The Morgan fingerprint density at radius 1 is 1.45 bits per heavy atom. The van der Waals surface area contributed by atoms with Crippen LogP contribution in [0.5, 0.6) is 0 Å². The quantitative estimate of drug-likeness (QED) is 0.870. The number of morpholine rings is 1. The Kier molecular flexibility index (Phi) is 5.43. The van der Waals surface area contributed by atoms with Crippen molar-refractivity contribution in [3.63, 3.8) is 0 Å². The van der Waals surface area contributed by atoms with Gasteiger partial charge in [0.25, 0.3) is 0 Å². The predicted molar refractivity (Wildman–Crippen MR) is 78.9 cm³/mol. The van der Waals surface area contributed by atoms with Crippen molar-refractivity contribution in [3.05, 3.63) is 39.9 Å². The summed E-state index contributed by atoms with van der Waals surface area (Å²) >= 11 is 11.7. The fourth-order valence-electron chi connectivity index (χ4n) is 1.98. The smallest absolute Gasteiger partial charge is 0.247 e. The molecule has 0 spiro atoms. The van der Waals surface area contributed by atoms with E-state index in [0.717, 1.165) is 5.56 Å². The van der Waals surface area contributed by atoms with Gasteiger partial charge in [-0.05, 0) is 23.8 Å². The molecule has 6 heteroatoms. The van der Waals surface area contributed by atoms with Crippen LogP contribution in [-0.4, -0.2) is 48.3 Å². The van der Waals surface area contributed by atoms with Gasteiger partial charge >= 0.3 is 0 Å². The normalized spacial score (nSPS) is 19.6. The lowest BCUT2D eigenvalue weighted by Gasteiger charge is -2.33. The van der Waals surface area contributed by atoms with E-state index in [9.17, 15) is 9.90 Å². The molecule has 1 amide bonds. The summed E-state index contributed by atoms with van der Waals surface area (Å²) in [7, 11) is 0. The van der Waals surface area contributed by atoms with E-state index in [-0.39, 0.29) is 18.6 Å². The van der Waals surface area contributed by atoms with E-state index in [4.69, 9.17) is 27.9 Å². The molecule has 20 heavy (non-hydrogen) atoms. The molecule has 1 saturated heterocycles. The zero-order chi connectivity index (χ0) is 14.5. The van der Waals surface area contributed by atoms with Crippen LogP contribution in [0.25, 0.3) is 6.08 Å². The summed E-state index contributed by atoms with van der Waals surface area (Å²) in [6.07, 6.45) is 3.14. The molecule has 1 atom stereocenters.